The molecule has 2 unspecified atom stereocenters. The highest BCUT2D eigenvalue weighted by molar-refractivity contribution is 6.30. The normalized spacial score (nSPS) is 17.5. The molecule has 1 fully saturated rings. The molecule has 0 aromatic heterocycles. The van der Waals surface area contributed by atoms with Gasteiger partial charge in [0.15, 0.2) is 0 Å². The molecule has 2 aromatic carbocycles. The number of hydrogen-bond acceptors (Lipinski definition) is 4. The van der Waals surface area contributed by atoms with Crippen molar-refractivity contribution in [3.63, 3.8) is 0 Å². The van der Waals surface area contributed by atoms with Crippen LogP contribution < -0.4 is 10.1 Å². The van der Waals surface area contributed by atoms with Crippen molar-refractivity contribution in [2.75, 3.05) is 26.8 Å². The molecule has 30 heavy (non-hydrogen) atoms. The molecule has 0 spiro atoms. The van der Waals surface area contributed by atoms with Crippen LogP contribution in [0.5, 0.6) is 5.75 Å². The summed E-state index contributed by atoms with van der Waals surface area (Å²) in [5.74, 6) is 0.224. The number of ether oxygens (including phenoxy) is 2. The first-order valence-electron chi connectivity index (χ1n) is 10.00. The number of carbonyl (C=O) groups is 2. The molecule has 6 nitrogen and oxygen atoms in total. The van der Waals surface area contributed by atoms with E-state index in [2.05, 4.69) is 5.32 Å². The summed E-state index contributed by atoms with van der Waals surface area (Å²) in [4.78, 5) is 27.7. The lowest BCUT2D eigenvalue weighted by molar-refractivity contribution is -0.142. The lowest BCUT2D eigenvalue weighted by Crippen LogP contribution is -2.54. The molecule has 0 bridgehead atoms. The van der Waals surface area contributed by atoms with Gasteiger partial charge in [-0.25, -0.2) is 0 Å². The zero-order valence-corrected chi connectivity index (χ0v) is 18.2. The summed E-state index contributed by atoms with van der Waals surface area (Å²) in [5.41, 5.74) is 1.45. The van der Waals surface area contributed by atoms with Crippen LogP contribution >= 0.6 is 11.6 Å². The molecule has 0 aliphatic carbocycles. The third-order valence-corrected chi connectivity index (χ3v) is 5.44. The van der Waals surface area contributed by atoms with E-state index in [0.29, 0.717) is 36.0 Å². The Morgan fingerprint density at radius 2 is 1.80 bits per heavy atom. The summed E-state index contributed by atoms with van der Waals surface area (Å²) in [7, 11) is 1.57. The van der Waals surface area contributed by atoms with Gasteiger partial charge in [-0.15, -0.1) is 0 Å². The van der Waals surface area contributed by atoms with Crippen molar-refractivity contribution in [1.29, 1.82) is 0 Å². The second-order valence-corrected chi connectivity index (χ2v) is 8.06. The van der Waals surface area contributed by atoms with Crippen LogP contribution in [0.15, 0.2) is 48.5 Å². The fourth-order valence-electron chi connectivity index (χ4n) is 3.41. The smallest absolute Gasteiger partial charge is 0.251 e. The van der Waals surface area contributed by atoms with Crippen molar-refractivity contribution in [2.45, 2.75) is 26.0 Å². The average molecular weight is 431 g/mol. The van der Waals surface area contributed by atoms with Crippen LogP contribution in [0.3, 0.4) is 0 Å². The van der Waals surface area contributed by atoms with E-state index in [-0.39, 0.29) is 23.8 Å². The Labute approximate surface area is 182 Å². The average Bonchev–Trinajstić information content (AvgIpc) is 2.77. The summed E-state index contributed by atoms with van der Waals surface area (Å²) in [6, 6.07) is 13.6. The van der Waals surface area contributed by atoms with E-state index in [0.717, 1.165) is 5.56 Å². The standard InChI is InChI=1S/C23H27ClN2O4/c1-15(2)21(25-22(27)17-6-10-19(29-3)11-7-17)23(28)26-12-13-30-20(14-26)16-4-8-18(24)9-5-16/h4-11,15,20-21H,12-14H2,1-3H3,(H,25,27). The maximum atomic E-state index is 13.3. The number of carbonyl (C=O) groups excluding carboxylic acids is 2. The fourth-order valence-corrected chi connectivity index (χ4v) is 3.53. The SMILES string of the molecule is COc1ccc(C(=O)NC(C(=O)N2CCOC(c3ccc(Cl)cc3)C2)C(C)C)cc1. The van der Waals surface area contributed by atoms with E-state index in [1.54, 1.807) is 36.3 Å². The molecule has 1 N–H and O–H groups in total. The molecule has 2 aromatic rings. The molecule has 160 valence electrons. The summed E-state index contributed by atoms with van der Waals surface area (Å²) in [5, 5.41) is 3.56. The number of hydrogen-bond donors (Lipinski definition) is 1. The van der Waals surface area contributed by atoms with Gasteiger partial charge < -0.3 is 19.7 Å². The van der Waals surface area contributed by atoms with Gasteiger partial charge in [0.25, 0.3) is 5.91 Å². The Morgan fingerprint density at radius 1 is 1.13 bits per heavy atom. The van der Waals surface area contributed by atoms with Crippen LogP contribution in [0, 0.1) is 5.92 Å². The Kier molecular flexibility index (Phi) is 7.34. The highest BCUT2D eigenvalue weighted by Gasteiger charge is 2.32. The van der Waals surface area contributed by atoms with Crippen LogP contribution in [-0.2, 0) is 9.53 Å². The molecule has 1 aliphatic heterocycles. The lowest BCUT2D eigenvalue weighted by atomic mass is 10.0. The molecule has 7 heteroatoms. The van der Waals surface area contributed by atoms with Crippen molar-refractivity contribution in [2.24, 2.45) is 5.92 Å². The van der Waals surface area contributed by atoms with Gasteiger partial charge in [0.05, 0.1) is 20.3 Å². The van der Waals surface area contributed by atoms with Crippen molar-refractivity contribution in [3.8, 4) is 5.75 Å². The Morgan fingerprint density at radius 3 is 2.40 bits per heavy atom. The number of nitrogens with one attached hydrogen (secondary N) is 1. The van der Waals surface area contributed by atoms with E-state index < -0.39 is 6.04 Å². The molecule has 3 rings (SSSR count). The summed E-state index contributed by atoms with van der Waals surface area (Å²) in [6.07, 6.45) is -0.218. The summed E-state index contributed by atoms with van der Waals surface area (Å²) in [6.45, 7) is 5.21. The lowest BCUT2D eigenvalue weighted by Gasteiger charge is -2.36. The molecule has 2 amide bonds. The highest BCUT2D eigenvalue weighted by atomic mass is 35.5. The van der Waals surface area contributed by atoms with Gasteiger partial charge >= 0.3 is 0 Å². The Balaban J connectivity index is 1.69. The zero-order valence-electron chi connectivity index (χ0n) is 17.4. The number of morpholine rings is 1. The third-order valence-electron chi connectivity index (χ3n) is 5.19. The van der Waals surface area contributed by atoms with Gasteiger partial charge in [-0.1, -0.05) is 37.6 Å². The molecular formula is C23H27ClN2O4. The number of halogens is 1. The molecule has 1 aliphatic rings. The number of rotatable bonds is 6. The minimum atomic E-state index is -0.622. The predicted octanol–water partition coefficient (Wildman–Crippen LogP) is 3.70. The quantitative estimate of drug-likeness (QED) is 0.758. The predicted molar refractivity (Wildman–Crippen MR) is 116 cm³/mol. The van der Waals surface area contributed by atoms with Crippen molar-refractivity contribution >= 4 is 23.4 Å². The van der Waals surface area contributed by atoms with Gasteiger partial charge in [-0.2, -0.15) is 0 Å². The van der Waals surface area contributed by atoms with E-state index >= 15 is 0 Å². The summed E-state index contributed by atoms with van der Waals surface area (Å²) >= 11 is 5.97. The van der Waals surface area contributed by atoms with Gasteiger partial charge in [0, 0.05) is 17.1 Å². The maximum Gasteiger partial charge on any atom is 0.251 e. The van der Waals surface area contributed by atoms with Gasteiger partial charge in [-0.05, 0) is 47.9 Å². The van der Waals surface area contributed by atoms with Crippen LogP contribution in [-0.4, -0.2) is 49.6 Å². The van der Waals surface area contributed by atoms with E-state index in [1.807, 2.05) is 38.1 Å². The van der Waals surface area contributed by atoms with E-state index in [9.17, 15) is 9.59 Å². The van der Waals surface area contributed by atoms with E-state index in [4.69, 9.17) is 21.1 Å². The van der Waals surface area contributed by atoms with Crippen molar-refractivity contribution in [3.05, 3.63) is 64.7 Å². The van der Waals surface area contributed by atoms with Crippen LogP contribution in [0.2, 0.25) is 5.02 Å². The van der Waals surface area contributed by atoms with Gasteiger partial charge in [0.1, 0.15) is 17.9 Å². The second-order valence-electron chi connectivity index (χ2n) is 7.62. The molecule has 1 saturated heterocycles. The van der Waals surface area contributed by atoms with Crippen LogP contribution in [0.25, 0.3) is 0 Å². The van der Waals surface area contributed by atoms with Crippen molar-refractivity contribution in [1.82, 2.24) is 10.2 Å². The highest BCUT2D eigenvalue weighted by Crippen LogP contribution is 2.24. The minimum Gasteiger partial charge on any atom is -0.497 e. The molecule has 0 saturated carbocycles. The number of methoxy groups -OCH3 is 1. The summed E-state index contributed by atoms with van der Waals surface area (Å²) < 4.78 is 11.0. The third kappa shape index (κ3) is 5.32. The minimum absolute atomic E-state index is 0.0588. The first-order valence-corrected chi connectivity index (χ1v) is 10.4. The van der Waals surface area contributed by atoms with Gasteiger partial charge in [-0.3, -0.25) is 9.59 Å². The molecule has 0 radical (unpaired) electrons. The number of amides is 2. The van der Waals surface area contributed by atoms with Crippen LogP contribution in [0.1, 0.15) is 35.9 Å². The topological polar surface area (TPSA) is 67.9 Å². The molecule has 1 heterocycles. The Hall–Kier alpha value is -2.57. The van der Waals surface area contributed by atoms with Gasteiger partial charge in [0.2, 0.25) is 5.91 Å². The molecular weight excluding hydrogens is 404 g/mol. The zero-order chi connectivity index (χ0) is 21.7. The maximum absolute atomic E-state index is 13.3. The van der Waals surface area contributed by atoms with E-state index in [1.165, 1.54) is 0 Å². The number of nitrogens with zero attached hydrogens (tertiary/aromatic N) is 1. The largest absolute Gasteiger partial charge is 0.497 e. The monoisotopic (exact) mass is 430 g/mol. The van der Waals surface area contributed by atoms with Crippen molar-refractivity contribution < 1.29 is 19.1 Å². The first-order chi connectivity index (χ1) is 14.4. The van der Waals surface area contributed by atoms with Crippen LogP contribution in [0.4, 0.5) is 0 Å². The Bertz CT molecular complexity index is 868. The second kappa shape index (κ2) is 9.96. The first kappa shape index (κ1) is 22.1. The fraction of sp³-hybridized carbons (Fsp3) is 0.391. The molecule has 2 atom stereocenters. The number of benzene rings is 2.